The Morgan fingerprint density at radius 3 is 2.50 bits per heavy atom. The fourth-order valence-electron chi connectivity index (χ4n) is 0.236. The maximum atomic E-state index is 8.15. The third-order valence-electron chi connectivity index (χ3n) is 0.566. The molecule has 1 heteroatoms. The predicted molar refractivity (Wildman–Crippen MR) is 26.4 cm³/mol. The summed E-state index contributed by atoms with van der Waals surface area (Å²) >= 11 is 0. The zero-order valence-corrected chi connectivity index (χ0v) is 3.85. The van der Waals surface area contributed by atoms with Crippen LogP contribution in [0, 0.1) is 0 Å². The Labute approximate surface area is 38.8 Å². The summed E-state index contributed by atoms with van der Waals surface area (Å²) in [5.41, 5.74) is 8.15. The standard InChI is InChI=1S/C5H9N/c1-2-3-4-5-6/h2H,1,3-5H2. The molecule has 0 saturated carbocycles. The van der Waals surface area contributed by atoms with Gasteiger partial charge in [-0.05, 0) is 12.8 Å². The fourth-order valence-corrected chi connectivity index (χ4v) is 0.236. The SMILES string of the molecule is C=CCCC[N]. The van der Waals surface area contributed by atoms with Crippen LogP contribution < -0.4 is 5.73 Å². The second kappa shape index (κ2) is 4.70. The van der Waals surface area contributed by atoms with Crippen LogP contribution in [0.5, 0.6) is 0 Å². The van der Waals surface area contributed by atoms with Crippen LogP contribution in [-0.4, -0.2) is 6.54 Å². The third-order valence-corrected chi connectivity index (χ3v) is 0.566. The molecule has 0 spiro atoms. The lowest BCUT2D eigenvalue weighted by molar-refractivity contribution is 0.838. The highest BCUT2D eigenvalue weighted by Gasteiger charge is 1.73. The molecule has 0 aromatic rings. The van der Waals surface area contributed by atoms with Gasteiger partial charge in [0.25, 0.3) is 0 Å². The number of hydrogen-bond donors (Lipinski definition) is 0. The van der Waals surface area contributed by atoms with Crippen LogP contribution in [0.2, 0.25) is 0 Å². The second-order valence-corrected chi connectivity index (χ2v) is 1.15. The lowest BCUT2D eigenvalue weighted by Gasteiger charge is -1.80. The quantitative estimate of drug-likeness (QED) is 0.359. The zero-order chi connectivity index (χ0) is 4.83. The zero-order valence-electron chi connectivity index (χ0n) is 3.85. The molecule has 6 heavy (non-hydrogen) atoms. The highest BCUT2D eigenvalue weighted by molar-refractivity contribution is 4.64. The van der Waals surface area contributed by atoms with Gasteiger partial charge in [-0.25, -0.2) is 0 Å². The first kappa shape index (κ1) is 5.70. The average Bonchev–Trinajstić information content (AvgIpc) is 1.61. The van der Waals surface area contributed by atoms with Crippen molar-refractivity contribution in [3.63, 3.8) is 0 Å². The van der Waals surface area contributed by atoms with Gasteiger partial charge in [0, 0.05) is 6.54 Å². The summed E-state index contributed by atoms with van der Waals surface area (Å²) in [5.74, 6) is 0. The molecular weight excluding hydrogens is 74.1 g/mol. The molecule has 0 rings (SSSR count). The van der Waals surface area contributed by atoms with Gasteiger partial charge in [-0.1, -0.05) is 6.08 Å². The maximum Gasteiger partial charge on any atom is 0.0324 e. The van der Waals surface area contributed by atoms with E-state index in [0.717, 1.165) is 12.8 Å². The minimum absolute atomic E-state index is 0.284. The van der Waals surface area contributed by atoms with Gasteiger partial charge in [-0.2, -0.15) is 0 Å². The van der Waals surface area contributed by atoms with Crippen LogP contribution in [0.3, 0.4) is 0 Å². The van der Waals surface area contributed by atoms with Gasteiger partial charge in [0.1, 0.15) is 0 Å². The van der Waals surface area contributed by atoms with E-state index in [1.807, 2.05) is 0 Å². The van der Waals surface area contributed by atoms with Crippen molar-refractivity contribution >= 4 is 0 Å². The normalized spacial score (nSPS) is 8.17. The molecule has 0 amide bonds. The Bertz CT molecular complexity index is 32.9. The molecule has 0 saturated heterocycles. The van der Waals surface area contributed by atoms with E-state index in [-0.39, 0.29) is 6.54 Å². The highest BCUT2D eigenvalue weighted by atomic mass is 14.5. The van der Waals surface area contributed by atoms with Crippen LogP contribution in [0.15, 0.2) is 12.7 Å². The largest absolute Gasteiger partial charge is 0.145 e. The summed E-state index contributed by atoms with van der Waals surface area (Å²) in [7, 11) is 0. The van der Waals surface area contributed by atoms with E-state index in [1.54, 1.807) is 6.08 Å². The van der Waals surface area contributed by atoms with Crippen LogP contribution in [0.4, 0.5) is 0 Å². The number of allylic oxidation sites excluding steroid dienone is 1. The van der Waals surface area contributed by atoms with Gasteiger partial charge < -0.3 is 0 Å². The number of rotatable bonds is 3. The van der Waals surface area contributed by atoms with Gasteiger partial charge >= 0.3 is 0 Å². The summed E-state index contributed by atoms with van der Waals surface area (Å²) in [6.45, 7) is 3.77. The van der Waals surface area contributed by atoms with E-state index in [4.69, 9.17) is 5.73 Å². The molecule has 0 N–H and O–H groups in total. The van der Waals surface area contributed by atoms with Crippen LogP contribution in [0.1, 0.15) is 12.8 Å². The topological polar surface area (TPSA) is 22.3 Å². The Balaban J connectivity index is 2.49. The minimum atomic E-state index is 0.284. The van der Waals surface area contributed by atoms with Crippen molar-refractivity contribution < 1.29 is 0 Å². The van der Waals surface area contributed by atoms with E-state index in [9.17, 15) is 0 Å². The highest BCUT2D eigenvalue weighted by Crippen LogP contribution is 1.83. The third kappa shape index (κ3) is 3.70. The van der Waals surface area contributed by atoms with Crippen LogP contribution in [-0.2, 0) is 0 Å². The molecule has 0 aromatic heterocycles. The summed E-state index contributed by atoms with van der Waals surface area (Å²) in [5, 5.41) is 0. The first-order chi connectivity index (χ1) is 2.91. The van der Waals surface area contributed by atoms with E-state index in [0.29, 0.717) is 0 Å². The summed E-state index contributed by atoms with van der Waals surface area (Å²) < 4.78 is 0. The van der Waals surface area contributed by atoms with E-state index >= 15 is 0 Å². The van der Waals surface area contributed by atoms with Crippen molar-refractivity contribution in [3.8, 4) is 0 Å². The molecule has 0 bridgehead atoms. The Kier molecular flexibility index (Phi) is 4.46. The van der Waals surface area contributed by atoms with Crippen molar-refractivity contribution in [3.05, 3.63) is 12.7 Å². The second-order valence-electron chi connectivity index (χ2n) is 1.15. The van der Waals surface area contributed by atoms with E-state index < -0.39 is 0 Å². The van der Waals surface area contributed by atoms with Crippen molar-refractivity contribution in [2.75, 3.05) is 6.54 Å². The van der Waals surface area contributed by atoms with E-state index in [1.165, 1.54) is 0 Å². The average molecular weight is 83.1 g/mol. The smallest absolute Gasteiger partial charge is 0.0324 e. The maximum absolute atomic E-state index is 8.15. The Morgan fingerprint density at radius 2 is 2.33 bits per heavy atom. The Hall–Kier alpha value is -0.300. The lowest BCUT2D eigenvalue weighted by Crippen LogP contribution is -1.80. The van der Waals surface area contributed by atoms with Gasteiger partial charge in [-0.3, -0.25) is 0 Å². The molecule has 0 unspecified atom stereocenters. The Morgan fingerprint density at radius 1 is 1.67 bits per heavy atom. The molecule has 1 nitrogen and oxygen atoms in total. The predicted octanol–water partition coefficient (Wildman–Crippen LogP) is 1.02. The monoisotopic (exact) mass is 83.1 g/mol. The molecule has 34 valence electrons. The van der Waals surface area contributed by atoms with Gasteiger partial charge in [0.2, 0.25) is 0 Å². The molecule has 0 aliphatic carbocycles. The minimum Gasteiger partial charge on any atom is -0.145 e. The van der Waals surface area contributed by atoms with Gasteiger partial charge in [0.15, 0.2) is 0 Å². The van der Waals surface area contributed by atoms with Crippen molar-refractivity contribution in [2.24, 2.45) is 0 Å². The summed E-state index contributed by atoms with van der Waals surface area (Å²) in [6, 6.07) is 0. The van der Waals surface area contributed by atoms with Crippen molar-refractivity contribution in [1.82, 2.24) is 5.73 Å². The first-order valence-electron chi connectivity index (χ1n) is 2.13. The fraction of sp³-hybridized carbons (Fsp3) is 0.600. The number of unbranched alkanes of at least 4 members (excludes halogenated alkanes) is 1. The molecular formula is C5H9N. The first-order valence-corrected chi connectivity index (χ1v) is 2.13. The van der Waals surface area contributed by atoms with Crippen LogP contribution >= 0.6 is 0 Å². The molecule has 0 atom stereocenters. The number of hydrogen-bond acceptors (Lipinski definition) is 0. The molecule has 0 heterocycles. The lowest BCUT2D eigenvalue weighted by atomic mass is 10.3. The summed E-state index contributed by atoms with van der Waals surface area (Å²) in [4.78, 5) is 0. The molecule has 0 aromatic carbocycles. The van der Waals surface area contributed by atoms with Crippen LogP contribution in [0.25, 0.3) is 0 Å². The molecule has 0 aliphatic heterocycles. The number of nitrogens with zero attached hydrogens (tertiary/aromatic N) is 1. The molecule has 2 radical (unpaired) electrons. The van der Waals surface area contributed by atoms with Crippen molar-refractivity contribution in [1.29, 1.82) is 0 Å². The molecule has 0 aliphatic rings. The van der Waals surface area contributed by atoms with E-state index in [2.05, 4.69) is 6.58 Å². The van der Waals surface area contributed by atoms with Crippen molar-refractivity contribution in [2.45, 2.75) is 12.8 Å². The summed E-state index contributed by atoms with van der Waals surface area (Å²) in [6.07, 6.45) is 3.58. The molecule has 0 fully saturated rings. The van der Waals surface area contributed by atoms with Gasteiger partial charge in [0.05, 0.1) is 0 Å². The van der Waals surface area contributed by atoms with Gasteiger partial charge in [-0.15, -0.1) is 12.3 Å².